The summed E-state index contributed by atoms with van der Waals surface area (Å²) in [5.41, 5.74) is 0. The SMILES string of the molecule is O=C(CBr)CC1CCC(F)(F)CC1. The standard InChI is InChI=1S/C9H13BrF2O/c10-6-8(13)5-7-1-3-9(11,12)4-2-7/h7H,1-6H2. The predicted molar refractivity (Wildman–Crippen MR) is 50.3 cm³/mol. The molecule has 0 N–H and O–H groups in total. The normalized spacial score (nSPS) is 23.0. The van der Waals surface area contributed by atoms with E-state index in [9.17, 15) is 13.6 Å². The zero-order valence-corrected chi connectivity index (χ0v) is 8.95. The van der Waals surface area contributed by atoms with E-state index < -0.39 is 5.92 Å². The fourth-order valence-electron chi connectivity index (χ4n) is 1.68. The number of carbonyl (C=O) groups excluding carboxylic acids is 1. The average molecular weight is 255 g/mol. The molecular weight excluding hydrogens is 242 g/mol. The van der Waals surface area contributed by atoms with Gasteiger partial charge in [-0.1, -0.05) is 15.9 Å². The van der Waals surface area contributed by atoms with Crippen molar-refractivity contribution in [2.45, 2.75) is 38.0 Å². The summed E-state index contributed by atoms with van der Waals surface area (Å²) in [7, 11) is 0. The summed E-state index contributed by atoms with van der Waals surface area (Å²) in [4.78, 5) is 11.0. The molecule has 0 aromatic carbocycles. The molecule has 1 rings (SSSR count). The summed E-state index contributed by atoms with van der Waals surface area (Å²) >= 11 is 3.07. The number of carbonyl (C=O) groups is 1. The van der Waals surface area contributed by atoms with Crippen LogP contribution in [-0.4, -0.2) is 17.0 Å². The van der Waals surface area contributed by atoms with Gasteiger partial charge in [-0.2, -0.15) is 0 Å². The molecule has 0 unspecified atom stereocenters. The summed E-state index contributed by atoms with van der Waals surface area (Å²) in [5.74, 6) is -2.17. The van der Waals surface area contributed by atoms with Gasteiger partial charge in [0.05, 0.1) is 5.33 Å². The Bertz CT molecular complexity index is 184. The van der Waals surface area contributed by atoms with E-state index >= 15 is 0 Å². The second kappa shape index (κ2) is 4.49. The third-order valence-corrected chi connectivity index (χ3v) is 3.13. The highest BCUT2D eigenvalue weighted by Crippen LogP contribution is 2.37. The molecule has 0 aromatic rings. The van der Waals surface area contributed by atoms with Crippen LogP contribution in [0.1, 0.15) is 32.1 Å². The fourth-order valence-corrected chi connectivity index (χ4v) is 1.91. The third kappa shape index (κ3) is 3.71. The van der Waals surface area contributed by atoms with E-state index in [2.05, 4.69) is 15.9 Å². The molecule has 13 heavy (non-hydrogen) atoms. The van der Waals surface area contributed by atoms with Gasteiger partial charge in [-0.3, -0.25) is 4.79 Å². The quantitative estimate of drug-likeness (QED) is 0.708. The third-order valence-electron chi connectivity index (χ3n) is 2.50. The van der Waals surface area contributed by atoms with Crippen LogP contribution in [-0.2, 0) is 4.79 Å². The lowest BCUT2D eigenvalue weighted by atomic mass is 9.84. The van der Waals surface area contributed by atoms with Crippen LogP contribution in [0.25, 0.3) is 0 Å². The van der Waals surface area contributed by atoms with Gasteiger partial charge in [0.1, 0.15) is 5.78 Å². The first-order valence-corrected chi connectivity index (χ1v) is 5.61. The number of hydrogen-bond acceptors (Lipinski definition) is 1. The number of hydrogen-bond donors (Lipinski definition) is 0. The topological polar surface area (TPSA) is 17.1 Å². The van der Waals surface area contributed by atoms with Gasteiger partial charge in [0.15, 0.2) is 0 Å². The molecule has 76 valence electrons. The summed E-state index contributed by atoms with van der Waals surface area (Å²) in [5, 5.41) is 0.347. The molecule has 0 radical (unpaired) electrons. The predicted octanol–water partition coefficient (Wildman–Crippen LogP) is 3.17. The number of Topliss-reactive ketones (excluding diaryl/α,β-unsaturated/α-hetero) is 1. The molecule has 1 fully saturated rings. The summed E-state index contributed by atoms with van der Waals surface area (Å²) < 4.78 is 25.4. The smallest absolute Gasteiger partial charge is 0.248 e. The number of alkyl halides is 3. The van der Waals surface area contributed by atoms with Crippen LogP contribution in [0, 0.1) is 5.92 Å². The molecule has 0 heterocycles. The molecule has 1 saturated carbocycles. The van der Waals surface area contributed by atoms with E-state index in [0.717, 1.165) is 0 Å². The minimum atomic E-state index is -2.48. The zero-order valence-electron chi connectivity index (χ0n) is 7.36. The van der Waals surface area contributed by atoms with E-state index in [1.807, 2.05) is 0 Å². The Balaban J connectivity index is 2.29. The second-order valence-corrected chi connectivity index (χ2v) is 4.24. The lowest BCUT2D eigenvalue weighted by molar-refractivity contribution is -0.118. The lowest BCUT2D eigenvalue weighted by Crippen LogP contribution is -2.25. The van der Waals surface area contributed by atoms with Crippen molar-refractivity contribution < 1.29 is 13.6 Å². The first-order valence-electron chi connectivity index (χ1n) is 4.49. The van der Waals surface area contributed by atoms with Gasteiger partial charge >= 0.3 is 0 Å². The maximum atomic E-state index is 12.7. The van der Waals surface area contributed by atoms with Crippen LogP contribution in [0.4, 0.5) is 8.78 Å². The minimum absolute atomic E-state index is 0.0484. The van der Waals surface area contributed by atoms with Gasteiger partial charge in [-0.15, -0.1) is 0 Å². The molecule has 0 saturated heterocycles. The molecular formula is C9H13BrF2O. The maximum absolute atomic E-state index is 12.7. The van der Waals surface area contributed by atoms with Crippen LogP contribution in [0.2, 0.25) is 0 Å². The van der Waals surface area contributed by atoms with Crippen molar-refractivity contribution >= 4 is 21.7 Å². The van der Waals surface area contributed by atoms with Crippen molar-refractivity contribution in [2.24, 2.45) is 5.92 Å². The highest BCUT2D eigenvalue weighted by atomic mass is 79.9. The number of rotatable bonds is 3. The van der Waals surface area contributed by atoms with Crippen molar-refractivity contribution in [1.29, 1.82) is 0 Å². The maximum Gasteiger partial charge on any atom is 0.248 e. The molecule has 0 amide bonds. The van der Waals surface area contributed by atoms with E-state index in [-0.39, 0.29) is 24.5 Å². The van der Waals surface area contributed by atoms with E-state index in [1.54, 1.807) is 0 Å². The Labute approximate surface area is 85.0 Å². The molecule has 0 atom stereocenters. The first kappa shape index (κ1) is 11.1. The van der Waals surface area contributed by atoms with Crippen LogP contribution in [0.5, 0.6) is 0 Å². The first-order chi connectivity index (χ1) is 6.03. The van der Waals surface area contributed by atoms with Gasteiger partial charge < -0.3 is 0 Å². The second-order valence-electron chi connectivity index (χ2n) is 3.68. The molecule has 1 aliphatic carbocycles. The monoisotopic (exact) mass is 254 g/mol. The van der Waals surface area contributed by atoms with Gasteiger partial charge in [0.25, 0.3) is 0 Å². The summed E-state index contributed by atoms with van der Waals surface area (Å²) in [6.45, 7) is 0. The highest BCUT2D eigenvalue weighted by molar-refractivity contribution is 9.09. The molecule has 1 nitrogen and oxygen atoms in total. The van der Waals surface area contributed by atoms with Crippen LogP contribution in [0.15, 0.2) is 0 Å². The van der Waals surface area contributed by atoms with Gasteiger partial charge in [0.2, 0.25) is 5.92 Å². The molecule has 0 bridgehead atoms. The van der Waals surface area contributed by atoms with Crippen molar-refractivity contribution in [2.75, 3.05) is 5.33 Å². The summed E-state index contributed by atoms with van der Waals surface area (Å²) in [6.07, 6.45) is 1.35. The van der Waals surface area contributed by atoms with Crippen molar-refractivity contribution in [3.8, 4) is 0 Å². The van der Waals surface area contributed by atoms with Crippen molar-refractivity contribution in [1.82, 2.24) is 0 Å². The Morgan fingerprint density at radius 1 is 1.38 bits per heavy atom. The zero-order chi connectivity index (χ0) is 9.90. The van der Waals surface area contributed by atoms with E-state index in [0.29, 0.717) is 24.6 Å². The van der Waals surface area contributed by atoms with E-state index in [4.69, 9.17) is 0 Å². The van der Waals surface area contributed by atoms with Crippen LogP contribution >= 0.6 is 15.9 Å². The Morgan fingerprint density at radius 2 is 1.92 bits per heavy atom. The van der Waals surface area contributed by atoms with Gasteiger partial charge in [-0.05, 0) is 18.8 Å². The molecule has 4 heteroatoms. The van der Waals surface area contributed by atoms with Crippen LogP contribution in [0.3, 0.4) is 0 Å². The molecule has 0 aliphatic heterocycles. The fraction of sp³-hybridized carbons (Fsp3) is 0.889. The van der Waals surface area contributed by atoms with E-state index in [1.165, 1.54) is 0 Å². The van der Waals surface area contributed by atoms with Gasteiger partial charge in [0, 0.05) is 19.3 Å². The minimum Gasteiger partial charge on any atom is -0.299 e. The van der Waals surface area contributed by atoms with Crippen molar-refractivity contribution in [3.05, 3.63) is 0 Å². The highest BCUT2D eigenvalue weighted by Gasteiger charge is 2.35. The average Bonchev–Trinajstić information content (AvgIpc) is 2.08. The summed E-state index contributed by atoms with van der Waals surface area (Å²) in [6, 6.07) is 0. The van der Waals surface area contributed by atoms with Crippen molar-refractivity contribution in [3.63, 3.8) is 0 Å². The van der Waals surface area contributed by atoms with Crippen LogP contribution < -0.4 is 0 Å². The molecule has 1 aliphatic rings. The number of ketones is 1. The Morgan fingerprint density at radius 3 is 2.38 bits per heavy atom. The molecule has 0 aromatic heterocycles. The van der Waals surface area contributed by atoms with Gasteiger partial charge in [-0.25, -0.2) is 8.78 Å². The molecule has 0 spiro atoms. The number of halogens is 3. The largest absolute Gasteiger partial charge is 0.299 e. The Hall–Kier alpha value is 0.01000. The Kier molecular flexibility index (Phi) is 3.83. The lowest BCUT2D eigenvalue weighted by Gasteiger charge is -2.27.